The van der Waals surface area contributed by atoms with Gasteiger partial charge < -0.3 is 5.32 Å². The van der Waals surface area contributed by atoms with Crippen LogP contribution >= 0.6 is 0 Å². The third kappa shape index (κ3) is 4.81. The van der Waals surface area contributed by atoms with Gasteiger partial charge in [-0.15, -0.1) is 0 Å². The molecule has 1 N–H and O–H groups in total. The summed E-state index contributed by atoms with van der Waals surface area (Å²) < 4.78 is 65.5. The fourth-order valence-electron chi connectivity index (χ4n) is 2.88. The average Bonchev–Trinajstić information content (AvgIpc) is 2.79. The normalized spacial score (nSPS) is 12.7. The van der Waals surface area contributed by atoms with Crippen molar-refractivity contribution in [3.05, 3.63) is 84.7 Å². The molecule has 10 heteroatoms. The van der Waals surface area contributed by atoms with E-state index in [-0.39, 0.29) is 15.5 Å². The van der Waals surface area contributed by atoms with Crippen LogP contribution in [-0.4, -0.2) is 35.0 Å². The fraction of sp³-hybridized carbons (Fsp3) is 0.136. The van der Waals surface area contributed by atoms with Gasteiger partial charge >= 0.3 is 0 Å². The molecule has 7 nitrogen and oxygen atoms in total. The molecule has 0 saturated heterocycles. The largest absolute Gasteiger partial charge is 0.325 e. The predicted octanol–water partition coefficient (Wildman–Crippen LogP) is 3.45. The van der Waals surface area contributed by atoms with Crippen molar-refractivity contribution in [3.8, 4) is 0 Å². The Morgan fingerprint density at radius 1 is 0.875 bits per heavy atom. The number of anilines is 2. The van der Waals surface area contributed by atoms with Crippen LogP contribution < -0.4 is 9.62 Å². The van der Waals surface area contributed by atoms with Crippen molar-refractivity contribution < 1.29 is 26.0 Å². The van der Waals surface area contributed by atoms with Crippen LogP contribution in [-0.2, 0) is 24.7 Å². The number of halogens is 1. The number of para-hydroxylation sites is 1. The van der Waals surface area contributed by atoms with Gasteiger partial charge in [-0.25, -0.2) is 21.2 Å². The van der Waals surface area contributed by atoms with Crippen molar-refractivity contribution in [2.24, 2.45) is 0 Å². The van der Waals surface area contributed by atoms with Crippen LogP contribution in [0.15, 0.2) is 88.7 Å². The Labute approximate surface area is 186 Å². The average molecular weight is 477 g/mol. The Balaban J connectivity index is 1.82. The summed E-state index contributed by atoms with van der Waals surface area (Å²) in [4.78, 5) is 12.3. The Morgan fingerprint density at radius 3 is 2.12 bits per heavy atom. The molecule has 0 heterocycles. The summed E-state index contributed by atoms with van der Waals surface area (Å²) in [5.41, 5.74) is 0.583. The Kier molecular flexibility index (Phi) is 6.65. The molecular weight excluding hydrogens is 455 g/mol. The van der Waals surface area contributed by atoms with Crippen molar-refractivity contribution >= 4 is 37.1 Å². The molecule has 3 rings (SSSR count). The summed E-state index contributed by atoms with van der Waals surface area (Å²) >= 11 is 0. The molecule has 0 aliphatic rings. The van der Waals surface area contributed by atoms with Crippen molar-refractivity contribution in [2.45, 2.75) is 22.0 Å². The van der Waals surface area contributed by atoms with Crippen LogP contribution in [0.1, 0.15) is 6.92 Å². The highest BCUT2D eigenvalue weighted by molar-refractivity contribution is 7.93. The van der Waals surface area contributed by atoms with Crippen molar-refractivity contribution in [3.63, 3.8) is 0 Å². The van der Waals surface area contributed by atoms with Gasteiger partial charge in [-0.05, 0) is 61.5 Å². The number of hydrogen-bond donors (Lipinski definition) is 1. The minimum absolute atomic E-state index is 0.0734. The van der Waals surface area contributed by atoms with Crippen molar-refractivity contribution in [1.29, 1.82) is 0 Å². The molecule has 3 aromatic rings. The molecule has 32 heavy (non-hydrogen) atoms. The summed E-state index contributed by atoms with van der Waals surface area (Å²) in [6.07, 6.45) is 0. The number of nitrogens with zero attached hydrogens (tertiary/aromatic N) is 1. The first-order valence-electron chi connectivity index (χ1n) is 9.48. The van der Waals surface area contributed by atoms with E-state index in [1.165, 1.54) is 38.2 Å². The van der Waals surface area contributed by atoms with Gasteiger partial charge in [0.2, 0.25) is 5.91 Å². The lowest BCUT2D eigenvalue weighted by molar-refractivity contribution is -0.115. The first-order chi connectivity index (χ1) is 15.0. The minimum Gasteiger partial charge on any atom is -0.325 e. The van der Waals surface area contributed by atoms with Crippen LogP contribution in [0.4, 0.5) is 15.8 Å². The number of rotatable bonds is 7. The molecule has 0 aliphatic heterocycles. The number of nitrogens with one attached hydrogen (secondary N) is 1. The highest BCUT2D eigenvalue weighted by Gasteiger charge is 2.30. The molecular formula is C22H21FN2O5S2. The van der Waals surface area contributed by atoms with Gasteiger partial charge in [-0.3, -0.25) is 9.10 Å². The molecule has 0 fully saturated rings. The van der Waals surface area contributed by atoms with Gasteiger partial charge in [0, 0.05) is 12.7 Å². The molecule has 0 spiro atoms. The van der Waals surface area contributed by atoms with E-state index < -0.39 is 36.8 Å². The number of sulfonamides is 1. The zero-order valence-electron chi connectivity index (χ0n) is 17.3. The number of amides is 1. The van der Waals surface area contributed by atoms with Crippen molar-refractivity contribution in [2.75, 3.05) is 16.7 Å². The Hall–Kier alpha value is -3.24. The van der Waals surface area contributed by atoms with Crippen LogP contribution in [0.3, 0.4) is 0 Å². The fourth-order valence-corrected chi connectivity index (χ4v) is 5.39. The molecule has 0 saturated carbocycles. The maximum absolute atomic E-state index is 13.1. The second-order valence-corrected chi connectivity index (χ2v) is 11.2. The second kappa shape index (κ2) is 9.09. The van der Waals surface area contributed by atoms with Gasteiger partial charge in [0.05, 0.1) is 15.5 Å². The predicted molar refractivity (Wildman–Crippen MR) is 120 cm³/mol. The number of carbonyl (C=O) groups excluding carboxylic acids is 1. The topological polar surface area (TPSA) is 101 Å². The molecule has 3 aromatic carbocycles. The summed E-state index contributed by atoms with van der Waals surface area (Å²) in [5, 5.41) is 0.959. The Bertz CT molecular complexity index is 1330. The lowest BCUT2D eigenvalue weighted by Gasteiger charge is -2.20. The smallest absolute Gasteiger partial charge is 0.264 e. The van der Waals surface area contributed by atoms with Crippen LogP contribution in [0.25, 0.3) is 0 Å². The summed E-state index contributed by atoms with van der Waals surface area (Å²) in [6, 6.07) is 18.2. The lowest BCUT2D eigenvalue weighted by Crippen LogP contribution is -2.32. The Morgan fingerprint density at radius 2 is 1.50 bits per heavy atom. The van der Waals surface area contributed by atoms with Gasteiger partial charge in [0.25, 0.3) is 10.0 Å². The molecule has 1 atom stereocenters. The van der Waals surface area contributed by atoms with E-state index in [0.29, 0.717) is 5.69 Å². The van der Waals surface area contributed by atoms with Crippen LogP contribution in [0, 0.1) is 5.82 Å². The molecule has 0 aliphatic carbocycles. The van der Waals surface area contributed by atoms with Gasteiger partial charge in [-0.1, -0.05) is 24.3 Å². The number of benzene rings is 3. The number of hydrogen-bond acceptors (Lipinski definition) is 5. The van der Waals surface area contributed by atoms with Crippen LogP contribution in [0.5, 0.6) is 0 Å². The van der Waals surface area contributed by atoms with E-state index in [9.17, 15) is 26.0 Å². The van der Waals surface area contributed by atoms with E-state index in [0.717, 1.165) is 28.6 Å². The molecule has 0 radical (unpaired) electrons. The summed E-state index contributed by atoms with van der Waals surface area (Å²) in [5.74, 6) is -1.44. The van der Waals surface area contributed by atoms with Gasteiger partial charge in [0.1, 0.15) is 11.1 Å². The zero-order valence-corrected chi connectivity index (χ0v) is 18.9. The number of carbonyl (C=O) groups is 1. The first kappa shape index (κ1) is 23.4. The molecule has 0 aromatic heterocycles. The number of sulfone groups is 1. The second-order valence-electron chi connectivity index (χ2n) is 6.97. The lowest BCUT2D eigenvalue weighted by atomic mass is 10.3. The summed E-state index contributed by atoms with van der Waals surface area (Å²) in [6.45, 7) is 1.21. The van der Waals surface area contributed by atoms with E-state index in [1.807, 2.05) is 0 Å². The quantitative estimate of drug-likeness (QED) is 0.527. The minimum atomic E-state index is -4.07. The third-order valence-electron chi connectivity index (χ3n) is 4.86. The van der Waals surface area contributed by atoms with E-state index in [4.69, 9.17) is 0 Å². The summed E-state index contributed by atoms with van der Waals surface area (Å²) in [7, 11) is -6.58. The van der Waals surface area contributed by atoms with Gasteiger partial charge in [-0.2, -0.15) is 0 Å². The first-order valence-corrected chi connectivity index (χ1v) is 12.5. The molecule has 1 amide bonds. The van der Waals surface area contributed by atoms with Crippen molar-refractivity contribution in [1.82, 2.24) is 0 Å². The SMILES string of the molecule is CC(C(=O)Nc1cccc(S(=O)(=O)N(C)c2ccccc2)c1)S(=O)(=O)c1ccc(F)cc1. The maximum atomic E-state index is 13.1. The van der Waals surface area contributed by atoms with E-state index in [2.05, 4.69) is 5.32 Å². The molecule has 0 bridgehead atoms. The molecule has 168 valence electrons. The van der Waals surface area contributed by atoms with E-state index >= 15 is 0 Å². The monoisotopic (exact) mass is 476 g/mol. The maximum Gasteiger partial charge on any atom is 0.264 e. The zero-order chi connectivity index (χ0) is 23.5. The highest BCUT2D eigenvalue weighted by Crippen LogP contribution is 2.24. The van der Waals surface area contributed by atoms with Crippen LogP contribution in [0.2, 0.25) is 0 Å². The third-order valence-corrected chi connectivity index (χ3v) is 8.71. The highest BCUT2D eigenvalue weighted by atomic mass is 32.2. The van der Waals surface area contributed by atoms with E-state index in [1.54, 1.807) is 30.3 Å². The molecule has 1 unspecified atom stereocenters. The standard InChI is InChI=1S/C22H21FN2O5S2/c1-16(31(27,28)20-13-11-17(23)12-14-20)22(26)24-18-7-6-10-21(15-18)32(29,30)25(2)19-8-4-3-5-9-19/h3-16H,1-2H3,(H,24,26). The van der Waals surface area contributed by atoms with Gasteiger partial charge in [0.15, 0.2) is 9.84 Å².